The van der Waals surface area contributed by atoms with Crippen molar-refractivity contribution in [2.24, 2.45) is 5.41 Å². The molecule has 0 unspecified atom stereocenters. The summed E-state index contributed by atoms with van der Waals surface area (Å²) in [5.41, 5.74) is -0.157. The normalized spacial score (nSPS) is 21.4. The Morgan fingerprint density at radius 2 is 1.75 bits per heavy atom. The molecule has 0 aliphatic carbocycles. The van der Waals surface area contributed by atoms with Gasteiger partial charge in [-0.05, 0) is 53.6 Å². The Kier molecular flexibility index (Phi) is 4.36. The first-order valence-electron chi connectivity index (χ1n) is 6.40. The van der Waals surface area contributed by atoms with Crippen molar-refractivity contribution in [2.45, 2.75) is 59.5 Å². The molecular formula is C13H28N2O. The Balaban J connectivity index is 0.00000256. The first-order valence-corrected chi connectivity index (χ1v) is 6.40. The maximum Gasteiger partial charge on any atom is 0.226 e. The molecule has 96 valence electrons. The number of nitrogens with zero attached hydrogens (tertiary/aromatic N) is 1. The van der Waals surface area contributed by atoms with Gasteiger partial charge in [0.1, 0.15) is 0 Å². The zero-order chi connectivity index (χ0) is 12.3. The Morgan fingerprint density at radius 3 is 2.12 bits per heavy atom. The van der Waals surface area contributed by atoms with Gasteiger partial charge in [0.15, 0.2) is 0 Å². The van der Waals surface area contributed by atoms with E-state index in [2.05, 4.69) is 31.0 Å². The van der Waals surface area contributed by atoms with E-state index in [-0.39, 0.29) is 18.8 Å². The van der Waals surface area contributed by atoms with Crippen molar-refractivity contribution in [3.63, 3.8) is 0 Å². The Labute approximate surface area is 101 Å². The summed E-state index contributed by atoms with van der Waals surface area (Å²) < 4.78 is 0. The lowest BCUT2D eigenvalue weighted by Gasteiger charge is -2.40. The molecular weight excluding hydrogens is 200 g/mol. The van der Waals surface area contributed by atoms with Crippen LogP contribution in [0.4, 0.5) is 0 Å². The predicted octanol–water partition coefficient (Wildman–Crippen LogP) is 2.27. The molecule has 1 rings (SSSR count). The van der Waals surface area contributed by atoms with E-state index in [1.165, 1.54) is 0 Å². The summed E-state index contributed by atoms with van der Waals surface area (Å²) in [5, 5.41) is 3.04. The Morgan fingerprint density at radius 1 is 1.25 bits per heavy atom. The highest BCUT2D eigenvalue weighted by Crippen LogP contribution is 2.31. The first kappa shape index (κ1) is 13.5. The fraction of sp³-hybridized carbons (Fsp3) is 0.923. The summed E-state index contributed by atoms with van der Waals surface area (Å²) in [4.78, 5) is 14.5. The smallest absolute Gasteiger partial charge is 0.226 e. The van der Waals surface area contributed by atoms with Gasteiger partial charge in [-0.2, -0.15) is 0 Å². The molecule has 0 saturated carbocycles. The third-order valence-corrected chi connectivity index (χ3v) is 3.60. The van der Waals surface area contributed by atoms with E-state index < -0.39 is 0 Å². The monoisotopic (exact) mass is 228 g/mol. The van der Waals surface area contributed by atoms with Crippen LogP contribution in [-0.2, 0) is 4.79 Å². The lowest BCUT2D eigenvalue weighted by atomic mass is 9.79. The highest BCUT2D eigenvalue weighted by molar-refractivity contribution is 5.82. The fourth-order valence-electron chi connectivity index (χ4n) is 2.20. The number of amides is 1. The molecule has 1 N–H and O–H groups in total. The number of carbonyl (C=O) groups excluding carboxylic acids is 1. The van der Waals surface area contributed by atoms with Crippen LogP contribution in [0.25, 0.3) is 0 Å². The SMILES string of the molecule is CC(C)NC(=O)C1(C)CCN(C(C)C)CC1.[HH]. The zero-order valence-corrected chi connectivity index (χ0v) is 11.3. The molecule has 0 spiro atoms. The second kappa shape index (κ2) is 5.17. The van der Waals surface area contributed by atoms with Crippen molar-refractivity contribution in [3.8, 4) is 0 Å². The highest BCUT2D eigenvalue weighted by atomic mass is 16.2. The summed E-state index contributed by atoms with van der Waals surface area (Å²) in [6.07, 6.45) is 1.95. The quantitative estimate of drug-likeness (QED) is 0.803. The van der Waals surface area contributed by atoms with Crippen molar-refractivity contribution < 1.29 is 6.22 Å². The lowest BCUT2D eigenvalue weighted by molar-refractivity contribution is -0.133. The molecule has 0 aromatic rings. The van der Waals surface area contributed by atoms with Gasteiger partial charge in [-0.15, -0.1) is 0 Å². The maximum atomic E-state index is 12.1. The van der Waals surface area contributed by atoms with Crippen molar-refractivity contribution >= 4 is 5.91 Å². The molecule has 1 amide bonds. The minimum absolute atomic E-state index is 0. The number of rotatable bonds is 3. The number of likely N-dealkylation sites (tertiary alicyclic amines) is 1. The Hall–Kier alpha value is -0.570. The Bertz CT molecular complexity index is 246. The van der Waals surface area contributed by atoms with E-state index in [1.54, 1.807) is 0 Å². The highest BCUT2D eigenvalue weighted by Gasteiger charge is 2.37. The van der Waals surface area contributed by atoms with Gasteiger partial charge in [0.25, 0.3) is 0 Å². The molecule has 0 radical (unpaired) electrons. The van der Waals surface area contributed by atoms with Crippen LogP contribution in [0.1, 0.15) is 48.9 Å². The van der Waals surface area contributed by atoms with Crippen LogP contribution in [-0.4, -0.2) is 36.0 Å². The third kappa shape index (κ3) is 3.21. The standard InChI is InChI=1S/C13H26N2O.H2/c1-10(2)14-12(16)13(5)6-8-15(9-7-13)11(3)4;/h10-11H,6-9H2,1-5H3,(H,14,16);1H. The van der Waals surface area contributed by atoms with Gasteiger partial charge in [0, 0.05) is 18.9 Å². The number of hydrogen-bond donors (Lipinski definition) is 1. The summed E-state index contributed by atoms with van der Waals surface area (Å²) in [6.45, 7) is 12.7. The van der Waals surface area contributed by atoms with Gasteiger partial charge in [-0.25, -0.2) is 0 Å². The predicted molar refractivity (Wildman–Crippen MR) is 69.4 cm³/mol. The summed E-state index contributed by atoms with van der Waals surface area (Å²) >= 11 is 0. The average molecular weight is 228 g/mol. The summed E-state index contributed by atoms with van der Waals surface area (Å²) in [6, 6.07) is 0.838. The minimum atomic E-state index is -0.157. The molecule has 1 saturated heterocycles. The van der Waals surface area contributed by atoms with Gasteiger partial charge in [-0.1, -0.05) is 6.92 Å². The van der Waals surface area contributed by atoms with Crippen LogP contribution >= 0.6 is 0 Å². The number of piperidine rings is 1. The molecule has 0 bridgehead atoms. The van der Waals surface area contributed by atoms with Crippen LogP contribution in [0.2, 0.25) is 0 Å². The second-order valence-corrected chi connectivity index (χ2v) is 5.82. The van der Waals surface area contributed by atoms with Gasteiger partial charge in [-0.3, -0.25) is 4.79 Å². The van der Waals surface area contributed by atoms with E-state index in [0.29, 0.717) is 6.04 Å². The van der Waals surface area contributed by atoms with E-state index in [1.807, 2.05) is 13.8 Å². The molecule has 1 aliphatic rings. The van der Waals surface area contributed by atoms with Crippen LogP contribution in [0.15, 0.2) is 0 Å². The van der Waals surface area contributed by atoms with E-state index in [9.17, 15) is 4.79 Å². The molecule has 0 aromatic carbocycles. The molecule has 3 nitrogen and oxygen atoms in total. The average Bonchev–Trinajstić information content (AvgIpc) is 2.17. The second-order valence-electron chi connectivity index (χ2n) is 5.82. The van der Waals surface area contributed by atoms with Crippen LogP contribution in [0.5, 0.6) is 0 Å². The van der Waals surface area contributed by atoms with Gasteiger partial charge in [0.05, 0.1) is 0 Å². The molecule has 16 heavy (non-hydrogen) atoms. The van der Waals surface area contributed by atoms with Gasteiger partial charge < -0.3 is 10.2 Å². The van der Waals surface area contributed by atoms with Crippen molar-refractivity contribution in [2.75, 3.05) is 13.1 Å². The summed E-state index contributed by atoms with van der Waals surface area (Å²) in [5.74, 6) is 0.228. The molecule has 1 fully saturated rings. The number of hydrogen-bond acceptors (Lipinski definition) is 2. The summed E-state index contributed by atoms with van der Waals surface area (Å²) in [7, 11) is 0. The van der Waals surface area contributed by atoms with Crippen molar-refractivity contribution in [1.82, 2.24) is 10.2 Å². The lowest BCUT2D eigenvalue weighted by Crippen LogP contribution is -2.50. The van der Waals surface area contributed by atoms with Gasteiger partial charge >= 0.3 is 0 Å². The molecule has 3 heteroatoms. The fourth-order valence-corrected chi connectivity index (χ4v) is 2.20. The van der Waals surface area contributed by atoms with E-state index in [0.717, 1.165) is 25.9 Å². The van der Waals surface area contributed by atoms with Gasteiger partial charge in [0.2, 0.25) is 5.91 Å². The van der Waals surface area contributed by atoms with E-state index in [4.69, 9.17) is 0 Å². The molecule has 0 aromatic heterocycles. The number of nitrogens with one attached hydrogen (secondary N) is 1. The molecule has 0 atom stereocenters. The van der Waals surface area contributed by atoms with Crippen LogP contribution in [0, 0.1) is 5.41 Å². The van der Waals surface area contributed by atoms with Crippen molar-refractivity contribution in [3.05, 3.63) is 0 Å². The zero-order valence-electron chi connectivity index (χ0n) is 11.3. The number of carbonyl (C=O) groups is 1. The minimum Gasteiger partial charge on any atom is -0.353 e. The third-order valence-electron chi connectivity index (χ3n) is 3.60. The van der Waals surface area contributed by atoms with Crippen LogP contribution < -0.4 is 5.32 Å². The topological polar surface area (TPSA) is 32.3 Å². The van der Waals surface area contributed by atoms with Crippen LogP contribution in [0.3, 0.4) is 0 Å². The molecule has 1 heterocycles. The van der Waals surface area contributed by atoms with Crippen molar-refractivity contribution in [1.29, 1.82) is 0 Å². The first-order chi connectivity index (χ1) is 7.35. The largest absolute Gasteiger partial charge is 0.353 e. The molecule has 1 aliphatic heterocycles. The van der Waals surface area contributed by atoms with E-state index >= 15 is 0 Å². The maximum absolute atomic E-state index is 12.1.